The molecule has 0 unspecified atom stereocenters. The Morgan fingerprint density at radius 2 is 1.50 bits per heavy atom. The highest BCUT2D eigenvalue weighted by molar-refractivity contribution is 5.93. The minimum Gasteiger partial charge on any atom is -0.496 e. The van der Waals surface area contributed by atoms with E-state index in [9.17, 15) is 4.79 Å². The Labute approximate surface area is 200 Å². The predicted molar refractivity (Wildman–Crippen MR) is 135 cm³/mol. The third kappa shape index (κ3) is 4.27. The molecule has 1 fully saturated rings. The monoisotopic (exact) mass is 452 g/mol. The van der Waals surface area contributed by atoms with Gasteiger partial charge in [-0.05, 0) is 43.3 Å². The minimum absolute atomic E-state index is 0.0466. The third-order valence-corrected chi connectivity index (χ3v) is 6.27. The number of anilines is 1. The maximum atomic E-state index is 13.5. The third-order valence-electron chi connectivity index (χ3n) is 6.27. The summed E-state index contributed by atoms with van der Waals surface area (Å²) >= 11 is 0. The molecule has 0 saturated carbocycles. The molecule has 2 heterocycles. The fourth-order valence-electron chi connectivity index (χ4n) is 4.37. The van der Waals surface area contributed by atoms with Crippen molar-refractivity contribution in [1.29, 1.82) is 0 Å². The molecule has 34 heavy (non-hydrogen) atoms. The highest BCUT2D eigenvalue weighted by Gasteiger charge is 2.26. The van der Waals surface area contributed by atoms with Crippen LogP contribution in [0.15, 0.2) is 85.1 Å². The minimum atomic E-state index is -0.0466. The van der Waals surface area contributed by atoms with Gasteiger partial charge in [-0.3, -0.25) is 9.36 Å². The van der Waals surface area contributed by atoms with Crippen LogP contribution in [0.5, 0.6) is 5.75 Å². The van der Waals surface area contributed by atoms with Gasteiger partial charge in [0.2, 0.25) is 0 Å². The molecular weight excluding hydrogens is 424 g/mol. The highest BCUT2D eigenvalue weighted by Crippen LogP contribution is 2.31. The number of nitrogens with zero attached hydrogens (tertiary/aromatic N) is 4. The fraction of sp³-hybridized carbons (Fsp3) is 0.214. The number of aryl methyl sites for hydroxylation is 1. The summed E-state index contributed by atoms with van der Waals surface area (Å²) in [4.78, 5) is 22.5. The van der Waals surface area contributed by atoms with Crippen molar-refractivity contribution in [2.45, 2.75) is 6.92 Å². The zero-order valence-corrected chi connectivity index (χ0v) is 19.5. The summed E-state index contributed by atoms with van der Waals surface area (Å²) in [6.07, 6.45) is 1.85. The zero-order valence-electron chi connectivity index (χ0n) is 19.5. The molecule has 0 aliphatic carbocycles. The predicted octanol–water partition coefficient (Wildman–Crippen LogP) is 4.82. The Morgan fingerprint density at radius 1 is 0.824 bits per heavy atom. The summed E-state index contributed by atoms with van der Waals surface area (Å²) in [6, 6.07) is 26.3. The SMILES string of the molecule is COc1ccccc1-c1nc(C(=O)N2CCN(c3ccccc3)CC2)cn1-c1ccc(C)cc1. The van der Waals surface area contributed by atoms with Gasteiger partial charge in [-0.2, -0.15) is 0 Å². The summed E-state index contributed by atoms with van der Waals surface area (Å²) in [5.41, 5.74) is 4.60. The molecule has 0 spiro atoms. The molecule has 4 aromatic rings. The molecule has 1 aromatic heterocycles. The number of piperazine rings is 1. The van der Waals surface area contributed by atoms with Crippen LogP contribution in [0.3, 0.4) is 0 Å². The second kappa shape index (κ2) is 9.43. The van der Waals surface area contributed by atoms with E-state index in [0.29, 0.717) is 24.6 Å². The van der Waals surface area contributed by atoms with E-state index >= 15 is 0 Å². The Bertz CT molecular complexity index is 1270. The van der Waals surface area contributed by atoms with Gasteiger partial charge in [0.15, 0.2) is 0 Å². The van der Waals surface area contributed by atoms with Gasteiger partial charge in [0.1, 0.15) is 17.3 Å². The van der Waals surface area contributed by atoms with Crippen molar-refractivity contribution >= 4 is 11.6 Å². The Balaban J connectivity index is 1.45. The molecule has 1 amide bonds. The van der Waals surface area contributed by atoms with Crippen molar-refractivity contribution in [3.63, 3.8) is 0 Å². The Morgan fingerprint density at radius 3 is 2.21 bits per heavy atom. The van der Waals surface area contributed by atoms with Gasteiger partial charge in [0.05, 0.1) is 12.7 Å². The van der Waals surface area contributed by atoms with Crippen LogP contribution in [0, 0.1) is 6.92 Å². The molecule has 1 aliphatic rings. The fourth-order valence-corrected chi connectivity index (χ4v) is 4.37. The van der Waals surface area contributed by atoms with Crippen LogP contribution in [0.2, 0.25) is 0 Å². The van der Waals surface area contributed by atoms with Gasteiger partial charge in [0, 0.05) is 43.8 Å². The highest BCUT2D eigenvalue weighted by atomic mass is 16.5. The van der Waals surface area contributed by atoms with Gasteiger partial charge < -0.3 is 14.5 Å². The van der Waals surface area contributed by atoms with Crippen molar-refractivity contribution in [2.75, 3.05) is 38.2 Å². The second-order valence-electron chi connectivity index (χ2n) is 8.47. The summed E-state index contributed by atoms with van der Waals surface area (Å²) < 4.78 is 7.57. The van der Waals surface area contributed by atoms with E-state index in [1.165, 1.54) is 11.3 Å². The van der Waals surface area contributed by atoms with E-state index < -0.39 is 0 Å². The average Bonchev–Trinajstić information content (AvgIpc) is 3.34. The molecule has 0 radical (unpaired) electrons. The number of rotatable bonds is 5. The maximum absolute atomic E-state index is 13.5. The summed E-state index contributed by atoms with van der Waals surface area (Å²) in [7, 11) is 1.65. The Kier molecular flexibility index (Phi) is 6.04. The summed E-state index contributed by atoms with van der Waals surface area (Å²) in [5, 5.41) is 0. The normalized spacial score (nSPS) is 13.7. The number of aromatic nitrogens is 2. The molecule has 6 heteroatoms. The molecule has 1 saturated heterocycles. The van der Waals surface area contributed by atoms with E-state index in [-0.39, 0.29) is 5.91 Å². The topological polar surface area (TPSA) is 50.6 Å². The number of para-hydroxylation sites is 2. The average molecular weight is 453 g/mol. The number of methoxy groups -OCH3 is 1. The van der Waals surface area contributed by atoms with Gasteiger partial charge in [-0.25, -0.2) is 4.98 Å². The molecule has 172 valence electrons. The molecule has 5 rings (SSSR count). The summed E-state index contributed by atoms with van der Waals surface area (Å²) in [5.74, 6) is 1.36. The zero-order chi connectivity index (χ0) is 23.5. The van der Waals surface area contributed by atoms with Crippen LogP contribution >= 0.6 is 0 Å². The standard InChI is InChI=1S/C28H28N4O2/c1-21-12-14-23(15-13-21)32-20-25(29-27(32)24-10-6-7-11-26(24)34-2)28(33)31-18-16-30(17-19-31)22-8-4-3-5-9-22/h3-15,20H,16-19H2,1-2H3. The first kappa shape index (κ1) is 21.8. The molecule has 3 aromatic carbocycles. The summed E-state index contributed by atoms with van der Waals surface area (Å²) in [6.45, 7) is 4.98. The largest absolute Gasteiger partial charge is 0.496 e. The van der Waals surface area contributed by atoms with Crippen LogP contribution in [0.4, 0.5) is 5.69 Å². The van der Waals surface area contributed by atoms with Crippen LogP contribution in [-0.4, -0.2) is 53.6 Å². The van der Waals surface area contributed by atoms with Crippen molar-refractivity contribution in [3.8, 4) is 22.8 Å². The van der Waals surface area contributed by atoms with Crippen LogP contribution < -0.4 is 9.64 Å². The van der Waals surface area contributed by atoms with Gasteiger partial charge >= 0.3 is 0 Å². The number of imidazole rings is 1. The quantitative estimate of drug-likeness (QED) is 0.436. The second-order valence-corrected chi connectivity index (χ2v) is 8.47. The van der Waals surface area contributed by atoms with Crippen LogP contribution in [-0.2, 0) is 0 Å². The van der Waals surface area contributed by atoms with Gasteiger partial charge in [-0.1, -0.05) is 48.0 Å². The van der Waals surface area contributed by atoms with Crippen molar-refractivity contribution in [3.05, 3.63) is 96.3 Å². The molecular formula is C28H28N4O2. The first-order valence-corrected chi connectivity index (χ1v) is 11.5. The lowest BCUT2D eigenvalue weighted by atomic mass is 10.1. The number of hydrogen-bond acceptors (Lipinski definition) is 4. The van der Waals surface area contributed by atoms with Crippen LogP contribution in [0.1, 0.15) is 16.1 Å². The van der Waals surface area contributed by atoms with Crippen LogP contribution in [0.25, 0.3) is 17.1 Å². The lowest BCUT2D eigenvalue weighted by Gasteiger charge is -2.35. The van der Waals surface area contributed by atoms with E-state index in [1.54, 1.807) is 7.11 Å². The van der Waals surface area contributed by atoms with Crippen molar-refractivity contribution in [1.82, 2.24) is 14.5 Å². The number of amides is 1. The number of ether oxygens (including phenoxy) is 1. The van der Waals surface area contributed by atoms with Crippen molar-refractivity contribution < 1.29 is 9.53 Å². The number of carbonyl (C=O) groups is 1. The first-order valence-electron chi connectivity index (χ1n) is 11.5. The first-order chi connectivity index (χ1) is 16.6. The molecule has 0 bridgehead atoms. The molecule has 0 atom stereocenters. The van der Waals surface area contributed by atoms with E-state index in [2.05, 4.69) is 36.1 Å². The van der Waals surface area contributed by atoms with Gasteiger partial charge in [0.25, 0.3) is 5.91 Å². The number of benzene rings is 3. The maximum Gasteiger partial charge on any atom is 0.274 e. The number of carbonyl (C=O) groups excluding carboxylic acids is 1. The molecule has 1 aliphatic heterocycles. The van der Waals surface area contributed by atoms with E-state index in [1.807, 2.05) is 70.3 Å². The lowest BCUT2D eigenvalue weighted by Crippen LogP contribution is -2.48. The van der Waals surface area contributed by atoms with E-state index in [0.717, 1.165) is 30.1 Å². The lowest BCUT2D eigenvalue weighted by molar-refractivity contribution is 0.0741. The molecule has 6 nitrogen and oxygen atoms in total. The smallest absolute Gasteiger partial charge is 0.274 e. The molecule has 0 N–H and O–H groups in total. The van der Waals surface area contributed by atoms with Crippen molar-refractivity contribution in [2.24, 2.45) is 0 Å². The number of hydrogen-bond donors (Lipinski definition) is 0. The van der Waals surface area contributed by atoms with E-state index in [4.69, 9.17) is 9.72 Å². The Hall–Kier alpha value is -4.06. The van der Waals surface area contributed by atoms with Gasteiger partial charge in [-0.15, -0.1) is 0 Å².